The molecule has 0 bridgehead atoms. The van der Waals surface area contributed by atoms with Crippen molar-refractivity contribution in [1.29, 1.82) is 0 Å². The zero-order chi connectivity index (χ0) is 13.0. The molecule has 1 amide bonds. The van der Waals surface area contributed by atoms with Crippen LogP contribution < -0.4 is 10.6 Å². The molecule has 1 aromatic rings. The molecule has 0 saturated heterocycles. The summed E-state index contributed by atoms with van der Waals surface area (Å²) in [5, 5.41) is 6.11. The SMILES string of the molecule is CNc1cc(C(=O)NCCCC2CC2)cc(Cl)n1. The fourth-order valence-electron chi connectivity index (χ4n) is 1.86. The van der Waals surface area contributed by atoms with Crippen LogP contribution in [0.4, 0.5) is 5.82 Å². The van der Waals surface area contributed by atoms with E-state index in [0.717, 1.165) is 18.9 Å². The first-order valence-corrected chi connectivity index (χ1v) is 6.70. The van der Waals surface area contributed by atoms with E-state index in [9.17, 15) is 4.79 Å². The number of pyridine rings is 1. The van der Waals surface area contributed by atoms with Gasteiger partial charge in [0.05, 0.1) is 0 Å². The largest absolute Gasteiger partial charge is 0.373 e. The van der Waals surface area contributed by atoms with Crippen LogP contribution in [-0.4, -0.2) is 24.5 Å². The van der Waals surface area contributed by atoms with Crippen LogP contribution in [0.5, 0.6) is 0 Å². The second-order valence-corrected chi connectivity index (χ2v) is 5.04. The van der Waals surface area contributed by atoms with Crippen LogP contribution in [0.3, 0.4) is 0 Å². The van der Waals surface area contributed by atoms with Crippen molar-refractivity contribution in [2.75, 3.05) is 18.9 Å². The van der Waals surface area contributed by atoms with Crippen molar-refractivity contribution < 1.29 is 4.79 Å². The Balaban J connectivity index is 1.84. The summed E-state index contributed by atoms with van der Waals surface area (Å²) in [5.74, 6) is 1.42. The molecule has 1 saturated carbocycles. The van der Waals surface area contributed by atoms with Gasteiger partial charge >= 0.3 is 0 Å². The average molecular weight is 268 g/mol. The normalized spacial score (nSPS) is 14.3. The second kappa shape index (κ2) is 6.05. The maximum Gasteiger partial charge on any atom is 0.251 e. The van der Waals surface area contributed by atoms with Crippen molar-refractivity contribution in [3.8, 4) is 0 Å². The highest BCUT2D eigenvalue weighted by molar-refractivity contribution is 6.29. The van der Waals surface area contributed by atoms with Gasteiger partial charge in [-0.15, -0.1) is 0 Å². The summed E-state index contributed by atoms with van der Waals surface area (Å²) in [7, 11) is 1.75. The number of anilines is 1. The number of carbonyl (C=O) groups is 1. The minimum Gasteiger partial charge on any atom is -0.373 e. The average Bonchev–Trinajstić information content (AvgIpc) is 3.17. The standard InChI is InChI=1S/C13H18ClN3O/c1-15-12-8-10(7-11(14)17-12)13(18)16-6-2-3-9-4-5-9/h7-9H,2-6H2,1H3,(H,15,17)(H,16,18). The fourth-order valence-corrected chi connectivity index (χ4v) is 2.07. The Hall–Kier alpha value is -1.29. The summed E-state index contributed by atoms with van der Waals surface area (Å²) in [6.07, 6.45) is 4.99. The Morgan fingerprint density at radius 1 is 1.50 bits per heavy atom. The van der Waals surface area contributed by atoms with Crippen molar-refractivity contribution >= 4 is 23.3 Å². The topological polar surface area (TPSA) is 54.0 Å². The van der Waals surface area contributed by atoms with E-state index >= 15 is 0 Å². The summed E-state index contributed by atoms with van der Waals surface area (Å²) in [6, 6.07) is 3.28. The van der Waals surface area contributed by atoms with Crippen LogP contribution in [-0.2, 0) is 0 Å². The van der Waals surface area contributed by atoms with Gasteiger partial charge in [-0.1, -0.05) is 24.4 Å². The molecule has 0 radical (unpaired) electrons. The van der Waals surface area contributed by atoms with Gasteiger partial charge in [-0.2, -0.15) is 0 Å². The first-order chi connectivity index (χ1) is 8.69. The minimum atomic E-state index is -0.0911. The van der Waals surface area contributed by atoms with Crippen LogP contribution in [0.25, 0.3) is 0 Å². The van der Waals surface area contributed by atoms with E-state index < -0.39 is 0 Å². The zero-order valence-electron chi connectivity index (χ0n) is 10.5. The predicted molar refractivity (Wildman–Crippen MR) is 73.1 cm³/mol. The van der Waals surface area contributed by atoms with Crippen molar-refractivity contribution in [1.82, 2.24) is 10.3 Å². The molecule has 2 rings (SSSR count). The van der Waals surface area contributed by atoms with Gasteiger partial charge in [0.1, 0.15) is 11.0 Å². The summed E-state index contributed by atoms with van der Waals surface area (Å²) in [4.78, 5) is 15.9. The van der Waals surface area contributed by atoms with Gasteiger partial charge in [-0.05, 0) is 30.9 Å². The third-order valence-corrected chi connectivity index (χ3v) is 3.28. The lowest BCUT2D eigenvalue weighted by Gasteiger charge is -2.07. The van der Waals surface area contributed by atoms with E-state index in [1.54, 1.807) is 19.2 Å². The molecule has 1 aromatic heterocycles. The molecule has 1 fully saturated rings. The summed E-state index contributed by atoms with van der Waals surface area (Å²) in [5.41, 5.74) is 0.547. The van der Waals surface area contributed by atoms with Crippen LogP contribution in [0.1, 0.15) is 36.0 Å². The number of carbonyl (C=O) groups excluding carboxylic acids is 1. The Bertz CT molecular complexity index is 432. The van der Waals surface area contributed by atoms with E-state index in [1.807, 2.05) is 0 Å². The lowest BCUT2D eigenvalue weighted by molar-refractivity contribution is 0.0952. The molecular formula is C13H18ClN3O. The molecule has 1 heterocycles. The molecule has 0 atom stereocenters. The van der Waals surface area contributed by atoms with Crippen LogP contribution in [0, 0.1) is 5.92 Å². The van der Waals surface area contributed by atoms with E-state index in [1.165, 1.54) is 19.3 Å². The summed E-state index contributed by atoms with van der Waals surface area (Å²) >= 11 is 5.85. The Morgan fingerprint density at radius 3 is 2.94 bits per heavy atom. The maximum absolute atomic E-state index is 11.9. The van der Waals surface area contributed by atoms with Gasteiger partial charge in [0.25, 0.3) is 5.91 Å². The highest BCUT2D eigenvalue weighted by Crippen LogP contribution is 2.33. The molecular weight excluding hydrogens is 250 g/mol. The van der Waals surface area contributed by atoms with Crippen LogP contribution >= 0.6 is 11.6 Å². The molecule has 1 aliphatic carbocycles. The molecule has 5 heteroatoms. The van der Waals surface area contributed by atoms with Crippen molar-refractivity contribution in [3.63, 3.8) is 0 Å². The molecule has 1 aliphatic rings. The molecule has 4 nitrogen and oxygen atoms in total. The second-order valence-electron chi connectivity index (χ2n) is 4.66. The quantitative estimate of drug-likeness (QED) is 0.615. The number of nitrogens with zero attached hydrogens (tertiary/aromatic N) is 1. The Labute approximate surface area is 112 Å². The number of halogens is 1. The molecule has 98 valence electrons. The number of aromatic nitrogens is 1. The number of rotatable bonds is 6. The van der Waals surface area contributed by atoms with Gasteiger partial charge in [-0.25, -0.2) is 4.98 Å². The molecule has 0 aliphatic heterocycles. The lowest BCUT2D eigenvalue weighted by Crippen LogP contribution is -2.24. The van der Waals surface area contributed by atoms with E-state index in [-0.39, 0.29) is 5.91 Å². The number of amides is 1. The van der Waals surface area contributed by atoms with E-state index in [2.05, 4.69) is 15.6 Å². The smallest absolute Gasteiger partial charge is 0.251 e. The number of hydrogen-bond donors (Lipinski definition) is 2. The van der Waals surface area contributed by atoms with Gasteiger partial charge < -0.3 is 10.6 Å². The Kier molecular flexibility index (Phi) is 4.42. The van der Waals surface area contributed by atoms with Crippen molar-refractivity contribution in [3.05, 3.63) is 22.8 Å². The monoisotopic (exact) mass is 267 g/mol. The maximum atomic E-state index is 11.9. The Morgan fingerprint density at radius 2 is 2.28 bits per heavy atom. The molecule has 0 unspecified atom stereocenters. The van der Waals surface area contributed by atoms with E-state index in [4.69, 9.17) is 11.6 Å². The van der Waals surface area contributed by atoms with Gasteiger partial charge in [0.15, 0.2) is 0 Å². The van der Waals surface area contributed by atoms with Crippen LogP contribution in [0.2, 0.25) is 5.15 Å². The number of hydrogen-bond acceptors (Lipinski definition) is 3. The van der Waals surface area contributed by atoms with Gasteiger partial charge in [0.2, 0.25) is 0 Å². The highest BCUT2D eigenvalue weighted by atomic mass is 35.5. The fraction of sp³-hybridized carbons (Fsp3) is 0.538. The third kappa shape index (κ3) is 3.88. The van der Waals surface area contributed by atoms with Crippen LogP contribution in [0.15, 0.2) is 12.1 Å². The molecule has 2 N–H and O–H groups in total. The molecule has 0 aromatic carbocycles. The third-order valence-electron chi connectivity index (χ3n) is 3.08. The van der Waals surface area contributed by atoms with Crippen molar-refractivity contribution in [2.45, 2.75) is 25.7 Å². The first kappa shape index (κ1) is 13.1. The first-order valence-electron chi connectivity index (χ1n) is 6.32. The number of nitrogens with one attached hydrogen (secondary N) is 2. The van der Waals surface area contributed by atoms with Gasteiger partial charge in [0, 0.05) is 19.2 Å². The molecule has 18 heavy (non-hydrogen) atoms. The molecule has 0 spiro atoms. The van der Waals surface area contributed by atoms with Crippen molar-refractivity contribution in [2.24, 2.45) is 5.92 Å². The highest BCUT2D eigenvalue weighted by Gasteiger charge is 2.20. The minimum absolute atomic E-state index is 0.0911. The summed E-state index contributed by atoms with van der Waals surface area (Å²) < 4.78 is 0. The predicted octanol–water partition coefficient (Wildman–Crippen LogP) is 2.70. The zero-order valence-corrected chi connectivity index (χ0v) is 11.3. The van der Waals surface area contributed by atoms with Gasteiger partial charge in [-0.3, -0.25) is 4.79 Å². The lowest BCUT2D eigenvalue weighted by atomic mass is 10.2. The van der Waals surface area contributed by atoms with E-state index in [0.29, 0.717) is 16.5 Å². The summed E-state index contributed by atoms with van der Waals surface area (Å²) in [6.45, 7) is 0.726.